The van der Waals surface area contributed by atoms with E-state index < -0.39 is 0 Å². The Labute approximate surface area is 222 Å². The normalized spacial score (nSPS) is 23.1. The van der Waals surface area contributed by atoms with E-state index in [1.165, 1.54) is 0 Å². The first-order valence-corrected chi connectivity index (χ1v) is 13.5. The lowest BCUT2D eigenvalue weighted by molar-refractivity contribution is -0.120. The minimum Gasteiger partial charge on any atom is -0.341 e. The predicted octanol–water partition coefficient (Wildman–Crippen LogP) is 9.19. The van der Waals surface area contributed by atoms with E-state index in [2.05, 4.69) is 62.7 Å². The molecule has 2 aromatic rings. The third kappa shape index (κ3) is 5.42. The van der Waals surface area contributed by atoms with E-state index in [0.29, 0.717) is 29.1 Å². The van der Waals surface area contributed by atoms with Crippen molar-refractivity contribution in [2.75, 3.05) is 6.54 Å². The maximum atomic E-state index is 12.1. The zero-order valence-corrected chi connectivity index (χ0v) is 23.9. The standard InChI is InChI=1S/C27H33BrCl3NO/c1-16(2)22-24(29)18(4)23(26(31)25(22)30)27(5)12-6-7-17(3)21(27)14-32(15-33)13-19-8-10-20(28)11-9-19/h8-11,15-17,21H,6-7,12-14H2,1-5H3. The molecule has 180 valence electrons. The van der Waals surface area contributed by atoms with Crippen LogP contribution in [0.4, 0.5) is 0 Å². The molecule has 2 aromatic carbocycles. The molecule has 2 nitrogen and oxygen atoms in total. The van der Waals surface area contributed by atoms with Gasteiger partial charge in [-0.15, -0.1) is 0 Å². The van der Waals surface area contributed by atoms with Gasteiger partial charge in [-0.1, -0.05) is 103 Å². The Morgan fingerprint density at radius 1 is 1.15 bits per heavy atom. The third-order valence-corrected chi connectivity index (χ3v) is 9.36. The van der Waals surface area contributed by atoms with Gasteiger partial charge in [-0.25, -0.2) is 0 Å². The number of halogens is 4. The van der Waals surface area contributed by atoms with Crippen LogP contribution in [0, 0.1) is 18.8 Å². The molecule has 3 atom stereocenters. The summed E-state index contributed by atoms with van der Waals surface area (Å²) in [6.07, 6.45) is 4.20. The Morgan fingerprint density at radius 2 is 1.79 bits per heavy atom. The summed E-state index contributed by atoms with van der Waals surface area (Å²) in [6.45, 7) is 12.0. The van der Waals surface area contributed by atoms with Crippen molar-refractivity contribution >= 4 is 57.1 Å². The van der Waals surface area contributed by atoms with Crippen molar-refractivity contribution in [2.45, 2.75) is 71.8 Å². The molecule has 0 aromatic heterocycles. The highest BCUT2D eigenvalue weighted by Gasteiger charge is 2.45. The molecule has 0 spiro atoms. The maximum absolute atomic E-state index is 12.1. The molecule has 1 amide bonds. The van der Waals surface area contributed by atoms with Gasteiger partial charge in [0.15, 0.2) is 0 Å². The van der Waals surface area contributed by atoms with E-state index >= 15 is 0 Å². The number of nitrogens with zero attached hydrogens (tertiary/aromatic N) is 1. The number of carbonyl (C=O) groups is 1. The van der Waals surface area contributed by atoms with Gasteiger partial charge < -0.3 is 4.90 Å². The Bertz CT molecular complexity index is 978. The largest absolute Gasteiger partial charge is 0.341 e. The van der Waals surface area contributed by atoms with Gasteiger partial charge in [0, 0.05) is 22.6 Å². The van der Waals surface area contributed by atoms with E-state index in [-0.39, 0.29) is 17.3 Å². The first-order chi connectivity index (χ1) is 15.5. The molecule has 0 aliphatic heterocycles. The van der Waals surface area contributed by atoms with Crippen molar-refractivity contribution in [1.82, 2.24) is 4.90 Å². The number of amides is 1. The van der Waals surface area contributed by atoms with Crippen LogP contribution in [-0.2, 0) is 16.8 Å². The molecule has 0 radical (unpaired) electrons. The van der Waals surface area contributed by atoms with Crippen LogP contribution in [0.15, 0.2) is 28.7 Å². The first-order valence-electron chi connectivity index (χ1n) is 11.6. The van der Waals surface area contributed by atoms with Crippen molar-refractivity contribution in [3.8, 4) is 0 Å². The number of hydrogen-bond donors (Lipinski definition) is 0. The second-order valence-corrected chi connectivity index (χ2v) is 12.1. The lowest BCUT2D eigenvalue weighted by Gasteiger charge is -2.48. The van der Waals surface area contributed by atoms with Crippen LogP contribution in [0.5, 0.6) is 0 Å². The molecule has 3 rings (SSSR count). The first kappa shape index (κ1) is 26.9. The Balaban J connectivity index is 2.03. The monoisotopic (exact) mass is 571 g/mol. The molecule has 0 heterocycles. The molecule has 0 bridgehead atoms. The summed E-state index contributed by atoms with van der Waals surface area (Å²) in [7, 11) is 0. The Kier molecular flexibility index (Phi) is 8.87. The van der Waals surface area contributed by atoms with Crippen LogP contribution in [0.25, 0.3) is 0 Å². The smallest absolute Gasteiger partial charge is 0.210 e. The highest BCUT2D eigenvalue weighted by molar-refractivity contribution is 9.10. The molecule has 33 heavy (non-hydrogen) atoms. The molecule has 3 unspecified atom stereocenters. The number of benzene rings is 2. The Hall–Kier alpha value is -0.740. The third-order valence-electron chi connectivity index (χ3n) is 7.48. The molecule has 0 saturated heterocycles. The molecular formula is C27H33BrCl3NO. The van der Waals surface area contributed by atoms with Crippen LogP contribution in [-0.4, -0.2) is 17.9 Å². The average Bonchev–Trinajstić information content (AvgIpc) is 2.75. The minimum atomic E-state index is -0.234. The quantitative estimate of drug-likeness (QED) is 0.239. The summed E-state index contributed by atoms with van der Waals surface area (Å²) in [4.78, 5) is 14.0. The SMILES string of the molecule is Cc1c(Cl)c(C(C)C)c(Cl)c(Cl)c1C1(C)CCCC(C)C1CN(C=O)Cc1ccc(Br)cc1. The number of rotatable bonds is 7. The summed E-state index contributed by atoms with van der Waals surface area (Å²) in [5.41, 5.74) is 3.86. The molecule has 1 saturated carbocycles. The number of carbonyl (C=O) groups excluding carboxylic acids is 1. The van der Waals surface area contributed by atoms with E-state index in [9.17, 15) is 4.79 Å². The van der Waals surface area contributed by atoms with Crippen LogP contribution in [0.1, 0.15) is 75.1 Å². The topological polar surface area (TPSA) is 20.3 Å². The zero-order valence-electron chi connectivity index (χ0n) is 20.0. The zero-order chi connectivity index (χ0) is 24.5. The summed E-state index contributed by atoms with van der Waals surface area (Å²) in [5.74, 6) is 0.856. The molecule has 1 aliphatic carbocycles. The van der Waals surface area contributed by atoms with E-state index in [1.54, 1.807) is 0 Å². The van der Waals surface area contributed by atoms with E-state index in [1.807, 2.05) is 17.0 Å². The molecule has 1 aliphatic rings. The van der Waals surface area contributed by atoms with Crippen molar-refractivity contribution in [1.29, 1.82) is 0 Å². The maximum Gasteiger partial charge on any atom is 0.210 e. The van der Waals surface area contributed by atoms with Gasteiger partial charge in [0.2, 0.25) is 6.41 Å². The lowest BCUT2D eigenvalue weighted by Crippen LogP contribution is -2.46. The van der Waals surface area contributed by atoms with Gasteiger partial charge in [0.05, 0.1) is 10.0 Å². The molecule has 6 heteroatoms. The summed E-state index contributed by atoms with van der Waals surface area (Å²) >= 11 is 24.1. The fraction of sp³-hybridized carbons (Fsp3) is 0.519. The van der Waals surface area contributed by atoms with Crippen molar-refractivity contribution in [2.24, 2.45) is 11.8 Å². The minimum absolute atomic E-state index is 0.181. The van der Waals surface area contributed by atoms with Gasteiger partial charge in [0.25, 0.3) is 0 Å². The van der Waals surface area contributed by atoms with E-state index in [0.717, 1.165) is 57.4 Å². The van der Waals surface area contributed by atoms with Crippen molar-refractivity contribution < 1.29 is 4.79 Å². The van der Waals surface area contributed by atoms with Crippen LogP contribution in [0.3, 0.4) is 0 Å². The molecule has 1 fully saturated rings. The van der Waals surface area contributed by atoms with E-state index in [4.69, 9.17) is 34.8 Å². The van der Waals surface area contributed by atoms with Crippen molar-refractivity contribution in [3.05, 3.63) is 66.1 Å². The lowest BCUT2D eigenvalue weighted by atomic mass is 9.59. The summed E-state index contributed by atoms with van der Waals surface area (Å²) in [6, 6.07) is 8.12. The number of hydrogen-bond acceptors (Lipinski definition) is 1. The van der Waals surface area contributed by atoms with Gasteiger partial charge in [-0.3, -0.25) is 4.79 Å². The molecular weight excluding hydrogens is 541 g/mol. The summed E-state index contributed by atoms with van der Waals surface area (Å²) < 4.78 is 1.03. The van der Waals surface area contributed by atoms with Gasteiger partial charge in [-0.2, -0.15) is 0 Å². The summed E-state index contributed by atoms with van der Waals surface area (Å²) in [5, 5.41) is 1.90. The van der Waals surface area contributed by atoms with Crippen LogP contribution < -0.4 is 0 Å². The average molecular weight is 574 g/mol. The van der Waals surface area contributed by atoms with Gasteiger partial charge >= 0.3 is 0 Å². The second-order valence-electron chi connectivity index (χ2n) is 10.1. The highest BCUT2D eigenvalue weighted by Crippen LogP contribution is 2.53. The second kappa shape index (κ2) is 10.9. The van der Waals surface area contributed by atoms with Gasteiger partial charge in [0.1, 0.15) is 0 Å². The van der Waals surface area contributed by atoms with Crippen molar-refractivity contribution in [3.63, 3.8) is 0 Å². The fourth-order valence-corrected chi connectivity index (χ4v) is 7.29. The van der Waals surface area contributed by atoms with Crippen LogP contribution in [0.2, 0.25) is 15.1 Å². The predicted molar refractivity (Wildman–Crippen MR) is 145 cm³/mol. The Morgan fingerprint density at radius 3 is 2.36 bits per heavy atom. The molecule has 0 N–H and O–H groups in total. The fourth-order valence-electron chi connectivity index (χ4n) is 5.71. The highest BCUT2D eigenvalue weighted by atomic mass is 79.9. The van der Waals surface area contributed by atoms with Gasteiger partial charge in [-0.05, 0) is 70.9 Å². The van der Waals surface area contributed by atoms with Crippen LogP contribution >= 0.6 is 50.7 Å².